The Morgan fingerprint density at radius 3 is 1.34 bits per heavy atom. The summed E-state index contributed by atoms with van der Waals surface area (Å²) in [6, 6.07) is 46.5. The van der Waals surface area contributed by atoms with Crippen molar-refractivity contribution in [2.24, 2.45) is 0 Å². The third kappa shape index (κ3) is 37.8. The number of halogens is 10. The number of carbonyl (C=O) groups is 2. The number of fused-ring (bicyclic) bond motifs is 6. The Hall–Kier alpha value is -5.61. The quantitative estimate of drug-likeness (QED) is 0.0176. The Balaban J connectivity index is 0.000000306. The smallest absolute Gasteiger partial charge is 0.344 e. The van der Waals surface area contributed by atoms with E-state index in [2.05, 4.69) is 80.0 Å². The Bertz CT molecular complexity index is 4030. The number of hydrogen-bond acceptors (Lipinski definition) is 17. The number of phenolic OH excluding ortho intramolecular Hbond substituents is 1. The van der Waals surface area contributed by atoms with Gasteiger partial charge in [-0.1, -0.05) is 97.1 Å². The molecule has 0 spiro atoms. The average Bonchev–Trinajstić information content (AvgIpc) is 1.65. The molecular formula is C68H76BrCl9N4O15S2. The molecular weight excluding hydrogens is 1580 g/mol. The SMILES string of the molecule is CCOC(=O)CBr.CCOC(=O)COc1ccc(Cl)cc1.CS(=O)(=O)Cl.CS(=O)(=O)OCCOc1ccc(Cl)cc1.Cl.Clc1ccc(OCCN2CCc3c([nH]c4ccc(Cl)cc34)C2)cc1.Clc1ccc2[nH]c3c(c2c1)CCNC3.OCCOc1ccc(Cl)cc1.Oc1ccc(Cl)cc1. The standard InChI is InChI=1S/C19H18Cl2N2O.C11H11ClN2.C10H11ClO3.C9H11ClO4S.C8H9ClO2.C6H5ClO.C4H7BrO2.CH3ClO2S.ClH/c20-13-1-4-15(5-2-13)24-10-9-23-8-7-16-17-11-14(21)3-6-18(17)22-19(16)12-23;12-7-1-2-10-9(5-7)8-3-4-13-6-11(8)14-10;1-2-13-10(12)7-14-9-5-3-8(11)4-6-9;1-15(11,12)14-7-6-13-9-4-2-8(10)3-5-9;9-7-1-3-8(4-2-7)11-6-5-10;7-5-1-3-6(8)4-2-5;1-2-7-4(6)3-5;1-5(2,3)4;/h1-6,11,22H,7-10,12H2;1-2,5,13-14H,3-4,6H2;3-6H,2,7H2,1H3;2-5H,6-7H2,1H3;1-4,10H,5-6H2;1-4,8H;2-3H2,1H3;1H3;1H. The van der Waals surface area contributed by atoms with E-state index in [1.165, 1.54) is 44.3 Å². The molecule has 99 heavy (non-hydrogen) atoms. The van der Waals surface area contributed by atoms with Gasteiger partial charge in [0.1, 0.15) is 60.5 Å². The summed E-state index contributed by atoms with van der Waals surface area (Å²) in [6.45, 7) is 10.3. The molecule has 540 valence electrons. The minimum Gasteiger partial charge on any atom is -0.508 e. The predicted octanol–water partition coefficient (Wildman–Crippen LogP) is 16.7. The summed E-state index contributed by atoms with van der Waals surface area (Å²) < 4.78 is 74.9. The lowest BCUT2D eigenvalue weighted by atomic mass is 10.0. The number of aromatic nitrogens is 2. The zero-order valence-corrected chi connectivity index (χ0v) is 64.2. The van der Waals surface area contributed by atoms with Gasteiger partial charge < -0.3 is 53.9 Å². The van der Waals surface area contributed by atoms with E-state index in [9.17, 15) is 26.4 Å². The molecule has 0 radical (unpaired) electrons. The summed E-state index contributed by atoms with van der Waals surface area (Å²) >= 11 is 43.4. The number of aromatic hydroxyl groups is 1. The molecule has 0 atom stereocenters. The van der Waals surface area contributed by atoms with Crippen LogP contribution in [0.4, 0.5) is 0 Å². The molecule has 4 heterocycles. The van der Waals surface area contributed by atoms with Crippen molar-refractivity contribution < 1.29 is 69.2 Å². The van der Waals surface area contributed by atoms with E-state index < -0.39 is 19.2 Å². The molecule has 11 rings (SSSR count). The first-order chi connectivity index (χ1) is 46.6. The molecule has 0 amide bonds. The number of nitrogens with one attached hydrogen (secondary N) is 3. The summed E-state index contributed by atoms with van der Waals surface area (Å²) in [5.41, 5.74) is 7.81. The first-order valence-corrected chi connectivity index (χ1v) is 38.2. The number of aliphatic hydroxyl groups is 1. The van der Waals surface area contributed by atoms with Crippen LogP contribution in [0.15, 0.2) is 158 Å². The average molecular weight is 1650 g/mol. The van der Waals surface area contributed by atoms with Gasteiger partial charge in [0.05, 0.1) is 32.3 Å². The molecule has 19 nitrogen and oxygen atoms in total. The lowest BCUT2D eigenvalue weighted by Crippen LogP contribution is -2.33. The number of nitrogens with zero attached hydrogens (tertiary/aromatic N) is 1. The van der Waals surface area contributed by atoms with E-state index in [0.717, 1.165) is 84.6 Å². The van der Waals surface area contributed by atoms with Gasteiger partial charge in [-0.2, -0.15) is 8.42 Å². The fraction of sp³-hybridized carbons (Fsp3) is 0.294. The number of benzene rings is 7. The number of aliphatic hydroxyl groups excluding tert-OH is 1. The lowest BCUT2D eigenvalue weighted by Gasteiger charge is -2.26. The second kappa shape index (κ2) is 47.6. The molecule has 2 aliphatic heterocycles. The zero-order chi connectivity index (χ0) is 72.0. The normalized spacial score (nSPS) is 11.9. The monoisotopic (exact) mass is 1650 g/mol. The summed E-state index contributed by atoms with van der Waals surface area (Å²) in [5.74, 6) is 2.47. The van der Waals surface area contributed by atoms with Crippen LogP contribution in [0.25, 0.3) is 21.8 Å². The number of hydrogen-bond donors (Lipinski definition) is 5. The van der Waals surface area contributed by atoms with Crippen LogP contribution >= 0.6 is 120 Å². The molecule has 0 saturated heterocycles. The van der Waals surface area contributed by atoms with Gasteiger partial charge in [0, 0.05) is 105 Å². The van der Waals surface area contributed by atoms with Crippen molar-refractivity contribution >= 4 is 173 Å². The van der Waals surface area contributed by atoms with Crippen molar-refractivity contribution in [3.63, 3.8) is 0 Å². The molecule has 0 aliphatic carbocycles. The fourth-order valence-electron chi connectivity index (χ4n) is 8.51. The van der Waals surface area contributed by atoms with Gasteiger partial charge in [-0.3, -0.25) is 13.9 Å². The van der Waals surface area contributed by atoms with Gasteiger partial charge in [-0.15, -0.1) is 12.4 Å². The van der Waals surface area contributed by atoms with Crippen molar-refractivity contribution in [2.75, 3.05) is 90.3 Å². The molecule has 0 fully saturated rings. The minimum absolute atomic E-state index is 0. The number of ether oxygens (including phenoxy) is 6. The summed E-state index contributed by atoms with van der Waals surface area (Å²) in [6.07, 6.45) is 4.05. The molecule has 7 aromatic carbocycles. The molecule has 0 bridgehead atoms. The second-order valence-corrected chi connectivity index (χ2v) is 28.6. The lowest BCUT2D eigenvalue weighted by molar-refractivity contribution is -0.145. The van der Waals surface area contributed by atoms with Gasteiger partial charge in [0.15, 0.2) is 6.61 Å². The molecule has 5 N–H and O–H groups in total. The first-order valence-electron chi connectivity index (χ1n) is 29.9. The predicted molar refractivity (Wildman–Crippen MR) is 405 cm³/mol. The fourth-order valence-corrected chi connectivity index (χ4v) is 10.0. The Kier molecular flexibility index (Phi) is 42.1. The first kappa shape index (κ1) is 87.6. The minimum atomic E-state index is -3.39. The van der Waals surface area contributed by atoms with E-state index in [0.29, 0.717) is 63.3 Å². The van der Waals surface area contributed by atoms with Crippen LogP contribution in [0.1, 0.15) is 36.4 Å². The van der Waals surface area contributed by atoms with Crippen LogP contribution in [-0.4, -0.2) is 144 Å². The Morgan fingerprint density at radius 2 is 0.929 bits per heavy atom. The third-order valence-corrected chi connectivity index (χ3v) is 15.5. The maximum atomic E-state index is 10.9. The van der Waals surface area contributed by atoms with Crippen LogP contribution in [-0.2, 0) is 68.3 Å². The van der Waals surface area contributed by atoms with Crippen LogP contribution in [0.5, 0.6) is 28.7 Å². The summed E-state index contributed by atoms with van der Waals surface area (Å²) in [7, 11) is -2.08. The van der Waals surface area contributed by atoms with Gasteiger partial charge in [-0.25, -0.2) is 13.2 Å². The number of rotatable bonds is 18. The molecule has 31 heteroatoms. The Morgan fingerprint density at radius 1 is 0.535 bits per heavy atom. The van der Waals surface area contributed by atoms with Crippen molar-refractivity contribution in [3.8, 4) is 28.7 Å². The van der Waals surface area contributed by atoms with Crippen LogP contribution in [0, 0.1) is 0 Å². The van der Waals surface area contributed by atoms with Crippen LogP contribution in [0.3, 0.4) is 0 Å². The number of carbonyl (C=O) groups excluding carboxylic acids is 2. The van der Waals surface area contributed by atoms with Gasteiger partial charge in [0.2, 0.25) is 9.05 Å². The molecule has 2 aliphatic rings. The van der Waals surface area contributed by atoms with Crippen molar-refractivity contribution in [3.05, 3.63) is 215 Å². The largest absolute Gasteiger partial charge is 0.508 e. The van der Waals surface area contributed by atoms with Crippen LogP contribution in [0.2, 0.25) is 35.2 Å². The van der Waals surface area contributed by atoms with Crippen molar-refractivity contribution in [1.82, 2.24) is 20.2 Å². The second-order valence-electron chi connectivity index (χ2n) is 20.3. The van der Waals surface area contributed by atoms with E-state index in [-0.39, 0.29) is 56.5 Å². The van der Waals surface area contributed by atoms with E-state index >= 15 is 0 Å². The van der Waals surface area contributed by atoms with E-state index in [1.54, 1.807) is 111 Å². The van der Waals surface area contributed by atoms with Gasteiger partial charge in [-0.05, 0) is 202 Å². The summed E-state index contributed by atoms with van der Waals surface area (Å²) in [4.78, 5) is 30.4. The van der Waals surface area contributed by atoms with Crippen molar-refractivity contribution in [1.29, 1.82) is 0 Å². The van der Waals surface area contributed by atoms with Crippen molar-refractivity contribution in [2.45, 2.75) is 39.8 Å². The Labute approximate surface area is 631 Å². The number of aromatic amines is 2. The molecule has 0 unspecified atom stereocenters. The van der Waals surface area contributed by atoms with E-state index in [4.69, 9.17) is 115 Å². The molecule has 9 aromatic rings. The zero-order valence-electron chi connectivity index (χ0n) is 54.1. The van der Waals surface area contributed by atoms with E-state index in [1.807, 2.05) is 36.4 Å². The number of alkyl halides is 1. The highest BCUT2D eigenvalue weighted by Gasteiger charge is 2.21. The maximum absolute atomic E-state index is 10.9. The highest BCUT2D eigenvalue weighted by atomic mass is 79.9. The molecule has 0 saturated carbocycles. The summed E-state index contributed by atoms with van der Waals surface area (Å²) in [5, 5.41) is 28.2. The highest BCUT2D eigenvalue weighted by Crippen LogP contribution is 2.31. The third-order valence-electron chi connectivity index (χ3n) is 12.7. The molecule has 2 aromatic heterocycles. The van der Waals surface area contributed by atoms with Crippen LogP contribution < -0.4 is 24.3 Å². The number of phenols is 1. The van der Waals surface area contributed by atoms with Gasteiger partial charge in [0.25, 0.3) is 10.1 Å². The maximum Gasteiger partial charge on any atom is 0.344 e. The van der Waals surface area contributed by atoms with Gasteiger partial charge >= 0.3 is 11.9 Å². The topological polar surface area (TPSA) is 254 Å². The highest BCUT2D eigenvalue weighted by molar-refractivity contribution is 9.09. The number of esters is 2. The number of H-pyrrole nitrogens is 2.